The Morgan fingerprint density at radius 3 is 1.96 bits per heavy atom. The third-order valence-electron chi connectivity index (χ3n) is 5.81. The molecule has 0 bridgehead atoms. The zero-order valence-corrected chi connectivity index (χ0v) is 16.8. The summed E-state index contributed by atoms with van der Waals surface area (Å²) in [4.78, 5) is 0. The highest BCUT2D eigenvalue weighted by Crippen LogP contribution is 2.38. The zero-order chi connectivity index (χ0) is 19.8. The zero-order valence-electron chi connectivity index (χ0n) is 16.8. The molecule has 0 saturated carbocycles. The van der Waals surface area contributed by atoms with E-state index in [1.165, 1.54) is 22.3 Å². The fraction of sp³-hybridized carbons (Fsp3) is 0.478. The summed E-state index contributed by atoms with van der Waals surface area (Å²) in [6.45, 7) is 8.55. The number of aliphatic hydroxyl groups is 1. The molecule has 0 aromatic heterocycles. The number of hydrogen-bond donors (Lipinski definition) is 1. The van der Waals surface area contributed by atoms with E-state index in [4.69, 9.17) is 18.9 Å². The van der Waals surface area contributed by atoms with Crippen LogP contribution in [0.1, 0.15) is 46.0 Å². The summed E-state index contributed by atoms with van der Waals surface area (Å²) in [6.07, 6.45) is -2.17. The lowest BCUT2D eigenvalue weighted by Gasteiger charge is -2.45. The van der Waals surface area contributed by atoms with Crippen LogP contribution in [0.2, 0.25) is 0 Å². The third-order valence-corrected chi connectivity index (χ3v) is 5.81. The van der Waals surface area contributed by atoms with Crippen molar-refractivity contribution in [2.45, 2.75) is 58.6 Å². The van der Waals surface area contributed by atoms with Gasteiger partial charge in [0.2, 0.25) is 0 Å². The minimum Gasteiger partial charge on any atom is -0.394 e. The molecule has 0 spiro atoms. The fourth-order valence-electron chi connectivity index (χ4n) is 3.72. The Morgan fingerprint density at radius 1 is 0.786 bits per heavy atom. The van der Waals surface area contributed by atoms with Gasteiger partial charge in [-0.2, -0.15) is 0 Å². The van der Waals surface area contributed by atoms with Gasteiger partial charge in [-0.1, -0.05) is 36.4 Å². The van der Waals surface area contributed by atoms with Crippen molar-refractivity contribution in [2.75, 3.05) is 13.2 Å². The minimum absolute atomic E-state index is 0.133. The van der Waals surface area contributed by atoms with E-state index in [0.29, 0.717) is 6.61 Å². The van der Waals surface area contributed by atoms with Gasteiger partial charge >= 0.3 is 0 Å². The maximum atomic E-state index is 9.93. The lowest BCUT2D eigenvalue weighted by molar-refractivity contribution is -0.366. The van der Waals surface area contributed by atoms with Gasteiger partial charge in [-0.05, 0) is 49.9 Å². The number of hydrogen-bond acceptors (Lipinski definition) is 5. The molecule has 2 aliphatic rings. The number of aryl methyl sites for hydroxylation is 4. The second kappa shape index (κ2) is 7.93. The summed E-state index contributed by atoms with van der Waals surface area (Å²) in [6, 6.07) is 12.3. The summed E-state index contributed by atoms with van der Waals surface area (Å²) >= 11 is 0. The van der Waals surface area contributed by atoms with Gasteiger partial charge in [-0.25, -0.2) is 0 Å². The molecular weight excluding hydrogens is 356 g/mol. The monoisotopic (exact) mass is 384 g/mol. The summed E-state index contributed by atoms with van der Waals surface area (Å²) in [5.41, 5.74) is 6.73. The van der Waals surface area contributed by atoms with Crippen molar-refractivity contribution in [3.05, 3.63) is 69.8 Å². The Morgan fingerprint density at radius 2 is 1.39 bits per heavy atom. The number of benzene rings is 2. The van der Waals surface area contributed by atoms with E-state index in [-0.39, 0.29) is 18.8 Å². The van der Waals surface area contributed by atoms with Crippen LogP contribution in [0.3, 0.4) is 0 Å². The summed E-state index contributed by atoms with van der Waals surface area (Å²) in [7, 11) is 0. The van der Waals surface area contributed by atoms with Gasteiger partial charge in [-0.3, -0.25) is 0 Å². The van der Waals surface area contributed by atoms with Crippen molar-refractivity contribution in [1.82, 2.24) is 0 Å². The van der Waals surface area contributed by atoms with Crippen molar-refractivity contribution in [2.24, 2.45) is 0 Å². The lowest BCUT2D eigenvalue weighted by Crippen LogP contribution is -2.55. The van der Waals surface area contributed by atoms with Gasteiger partial charge < -0.3 is 24.1 Å². The summed E-state index contributed by atoms with van der Waals surface area (Å²) < 4.78 is 24.3. The van der Waals surface area contributed by atoms with Crippen LogP contribution in [-0.4, -0.2) is 36.6 Å². The maximum Gasteiger partial charge on any atom is 0.184 e. The van der Waals surface area contributed by atoms with Gasteiger partial charge in [-0.15, -0.1) is 0 Å². The Kier molecular flexibility index (Phi) is 5.54. The van der Waals surface area contributed by atoms with Crippen LogP contribution in [-0.2, 0) is 18.9 Å². The first-order chi connectivity index (χ1) is 13.5. The van der Waals surface area contributed by atoms with Crippen LogP contribution in [0.5, 0.6) is 0 Å². The molecule has 28 heavy (non-hydrogen) atoms. The average molecular weight is 384 g/mol. The first-order valence-corrected chi connectivity index (χ1v) is 9.79. The van der Waals surface area contributed by atoms with E-state index in [1.54, 1.807) is 0 Å². The quantitative estimate of drug-likeness (QED) is 0.872. The normalized spacial score (nSPS) is 30.1. The van der Waals surface area contributed by atoms with E-state index in [1.807, 2.05) is 12.1 Å². The lowest BCUT2D eigenvalue weighted by atomic mass is 10.0. The second-order valence-corrected chi connectivity index (χ2v) is 7.82. The van der Waals surface area contributed by atoms with Crippen LogP contribution in [0.4, 0.5) is 0 Å². The molecule has 5 heteroatoms. The van der Waals surface area contributed by atoms with Gasteiger partial charge in [0, 0.05) is 11.1 Å². The minimum atomic E-state index is -0.539. The van der Waals surface area contributed by atoms with Crippen molar-refractivity contribution in [3.63, 3.8) is 0 Å². The Bertz CT molecular complexity index is 841. The molecular formula is C23H28O5. The standard InChI is InChI=1S/C23H28O5/c1-13-5-7-17(9-15(13)3)22-25-12-20-21(28-22)19(11-24)26-23(27-20)18-8-6-14(2)16(4)10-18/h5-10,19-24H,11-12H2,1-4H3/t19-,20+,21+,22?,23?/m1/s1. The number of aliphatic hydroxyl groups excluding tert-OH is 1. The van der Waals surface area contributed by atoms with Crippen LogP contribution in [0, 0.1) is 27.7 Å². The fourth-order valence-corrected chi connectivity index (χ4v) is 3.72. The van der Waals surface area contributed by atoms with Gasteiger partial charge in [0.05, 0.1) is 13.2 Å². The molecule has 0 radical (unpaired) electrons. The Labute approximate surface area is 166 Å². The highest BCUT2D eigenvalue weighted by Gasteiger charge is 2.45. The topological polar surface area (TPSA) is 57.2 Å². The number of ether oxygens (including phenoxy) is 4. The van der Waals surface area contributed by atoms with E-state index < -0.39 is 18.7 Å². The van der Waals surface area contributed by atoms with Crippen molar-refractivity contribution in [3.8, 4) is 0 Å². The molecule has 2 aliphatic heterocycles. The SMILES string of the molecule is Cc1ccc(C2OC[C@@H]3OC(c4ccc(C)c(C)c4)O[C@H](CO)[C@@H]3O2)cc1C. The van der Waals surface area contributed by atoms with E-state index in [0.717, 1.165) is 11.1 Å². The number of rotatable bonds is 3. The highest BCUT2D eigenvalue weighted by molar-refractivity contribution is 5.32. The first kappa shape index (κ1) is 19.6. The van der Waals surface area contributed by atoms with E-state index >= 15 is 0 Å². The van der Waals surface area contributed by atoms with Crippen molar-refractivity contribution in [1.29, 1.82) is 0 Å². The number of fused-ring (bicyclic) bond motifs is 1. The molecule has 2 saturated heterocycles. The smallest absolute Gasteiger partial charge is 0.184 e. The maximum absolute atomic E-state index is 9.93. The average Bonchev–Trinajstić information content (AvgIpc) is 2.70. The molecule has 2 unspecified atom stereocenters. The molecule has 5 nitrogen and oxygen atoms in total. The molecule has 0 amide bonds. The summed E-state index contributed by atoms with van der Waals surface area (Å²) in [5, 5.41) is 9.93. The van der Waals surface area contributed by atoms with Crippen LogP contribution in [0.15, 0.2) is 36.4 Å². The third kappa shape index (κ3) is 3.73. The van der Waals surface area contributed by atoms with E-state index in [9.17, 15) is 5.11 Å². The molecule has 2 fully saturated rings. The highest BCUT2D eigenvalue weighted by atomic mass is 16.8. The van der Waals surface area contributed by atoms with Crippen molar-refractivity contribution >= 4 is 0 Å². The van der Waals surface area contributed by atoms with Crippen LogP contribution < -0.4 is 0 Å². The van der Waals surface area contributed by atoms with Gasteiger partial charge in [0.25, 0.3) is 0 Å². The molecule has 2 heterocycles. The van der Waals surface area contributed by atoms with E-state index in [2.05, 4.69) is 52.0 Å². The largest absolute Gasteiger partial charge is 0.394 e. The summed E-state index contributed by atoms with van der Waals surface area (Å²) in [5.74, 6) is 0. The molecule has 2 aromatic rings. The van der Waals surface area contributed by atoms with Gasteiger partial charge in [0.1, 0.15) is 18.3 Å². The molecule has 2 aromatic carbocycles. The molecule has 5 atom stereocenters. The van der Waals surface area contributed by atoms with Crippen LogP contribution in [0.25, 0.3) is 0 Å². The predicted molar refractivity (Wildman–Crippen MR) is 105 cm³/mol. The van der Waals surface area contributed by atoms with Crippen molar-refractivity contribution < 1.29 is 24.1 Å². The molecule has 0 aliphatic carbocycles. The van der Waals surface area contributed by atoms with Gasteiger partial charge in [0.15, 0.2) is 12.6 Å². The Balaban J connectivity index is 1.52. The molecule has 4 rings (SSSR count). The Hall–Kier alpha value is -1.76. The second-order valence-electron chi connectivity index (χ2n) is 7.82. The van der Waals surface area contributed by atoms with Crippen LogP contribution >= 0.6 is 0 Å². The first-order valence-electron chi connectivity index (χ1n) is 9.79. The molecule has 150 valence electrons. The predicted octanol–water partition coefficient (Wildman–Crippen LogP) is 3.81. The molecule has 1 N–H and O–H groups in total.